The van der Waals surface area contributed by atoms with Gasteiger partial charge >= 0.3 is 7.82 Å². The van der Waals surface area contributed by atoms with Crippen molar-refractivity contribution in [1.29, 1.82) is 0 Å². The van der Waals surface area contributed by atoms with Crippen molar-refractivity contribution < 1.29 is 19.0 Å². The molecule has 1 aromatic heterocycles. The molecule has 0 atom stereocenters. The van der Waals surface area contributed by atoms with Crippen LogP contribution in [-0.2, 0) is 4.57 Å². The topological polar surface area (TPSA) is 97.5 Å². The maximum atomic E-state index is 10.5. The Bertz CT molecular complexity index is 550. The quantitative estimate of drug-likeness (QED) is 0.757. The lowest BCUT2D eigenvalue weighted by Crippen LogP contribution is -2.11. The minimum atomic E-state index is -4.65. The number of benzene rings is 1. The molecule has 1 heterocycles. The number of fused-ring (bicyclic) bond motifs is 1. The molecule has 0 aliphatic heterocycles. The highest BCUT2D eigenvalue weighted by Gasteiger charge is 2.18. The molecule has 0 amide bonds. The smallest absolute Gasteiger partial charge is 0.292 e. The summed E-state index contributed by atoms with van der Waals surface area (Å²) in [6.07, 6.45) is 0. The lowest BCUT2D eigenvalue weighted by atomic mass is 10.3. The number of halogens is 1. The first-order valence-electron chi connectivity index (χ1n) is 3.72. The first-order chi connectivity index (χ1) is 6.94. The van der Waals surface area contributed by atoms with Crippen molar-refractivity contribution in [2.45, 2.75) is 0 Å². The van der Waals surface area contributed by atoms with Crippen LogP contribution >= 0.6 is 19.4 Å². The summed E-state index contributed by atoms with van der Waals surface area (Å²) in [5.74, 6) is 0. The van der Waals surface area contributed by atoms with Crippen LogP contribution in [-0.4, -0.2) is 24.9 Å². The summed E-state index contributed by atoms with van der Waals surface area (Å²) in [5, 5.41) is 7.79. The summed E-state index contributed by atoms with van der Waals surface area (Å²) < 4.78 is 14.6. The second-order valence-electron chi connectivity index (χ2n) is 2.66. The van der Waals surface area contributed by atoms with Crippen molar-refractivity contribution in [3.8, 4) is 0 Å². The average Bonchev–Trinajstić information content (AvgIpc) is 2.42. The predicted octanol–water partition coefficient (Wildman–Crippen LogP) is 0.606. The fourth-order valence-electron chi connectivity index (χ4n) is 1.000. The number of hydrogen-bond acceptors (Lipinski definition) is 4. The molecule has 0 saturated heterocycles. The van der Waals surface area contributed by atoms with E-state index in [0.717, 1.165) is 0 Å². The number of rotatable bonds is 2. The first-order valence-corrected chi connectivity index (χ1v) is 5.63. The molecule has 9 heteroatoms. The molecule has 0 unspecified atom stereocenters. The summed E-state index contributed by atoms with van der Waals surface area (Å²) in [6, 6.07) is 4.65. The highest BCUT2D eigenvalue weighted by atomic mass is 35.5. The molecular weight excluding hydrogens is 245 g/mol. The normalized spacial score (nSPS) is 11.9. The molecule has 0 bridgehead atoms. The summed E-state index contributed by atoms with van der Waals surface area (Å²) in [6.45, 7) is 0. The molecule has 1 aromatic carbocycles. The molecule has 7 nitrogen and oxygen atoms in total. The molecule has 2 aromatic rings. The zero-order valence-corrected chi connectivity index (χ0v) is 8.76. The number of aromatic nitrogens is 3. The molecule has 0 aliphatic rings. The van der Waals surface area contributed by atoms with Crippen molar-refractivity contribution in [1.82, 2.24) is 15.2 Å². The molecule has 15 heavy (non-hydrogen) atoms. The van der Waals surface area contributed by atoms with Crippen LogP contribution in [0.25, 0.3) is 11.0 Å². The third-order valence-electron chi connectivity index (χ3n) is 1.50. The zero-order valence-electron chi connectivity index (χ0n) is 7.11. The van der Waals surface area contributed by atoms with Gasteiger partial charge in [-0.05, 0) is 18.2 Å². The van der Waals surface area contributed by atoms with E-state index in [4.69, 9.17) is 21.4 Å². The van der Waals surface area contributed by atoms with Crippen LogP contribution in [0, 0.1) is 0 Å². The lowest BCUT2D eigenvalue weighted by molar-refractivity contribution is 0.130. The summed E-state index contributed by atoms with van der Waals surface area (Å²) in [7, 11) is -4.65. The largest absolute Gasteiger partial charge is 0.546 e. The summed E-state index contributed by atoms with van der Waals surface area (Å²) in [5.41, 5.74) is 0.809. The van der Waals surface area contributed by atoms with Gasteiger partial charge in [-0.3, -0.25) is 14.4 Å². The van der Waals surface area contributed by atoms with Crippen LogP contribution in [0.5, 0.6) is 0 Å². The van der Waals surface area contributed by atoms with E-state index in [1.54, 1.807) is 12.1 Å². The molecule has 2 N–H and O–H groups in total. The Hall–Kier alpha value is -1.14. The Morgan fingerprint density at radius 2 is 2.00 bits per heavy atom. The van der Waals surface area contributed by atoms with E-state index in [2.05, 4.69) is 14.8 Å². The van der Waals surface area contributed by atoms with Gasteiger partial charge in [-0.2, -0.15) is 0 Å². The molecule has 2 rings (SSSR count). The second kappa shape index (κ2) is 3.46. The van der Waals surface area contributed by atoms with E-state index in [1.807, 2.05) is 0 Å². The fourth-order valence-corrected chi connectivity index (χ4v) is 1.43. The van der Waals surface area contributed by atoms with Crippen molar-refractivity contribution in [3.05, 3.63) is 23.2 Å². The number of hydrogen-bond donors (Lipinski definition) is 2. The molecule has 0 fully saturated rings. The van der Waals surface area contributed by atoms with Gasteiger partial charge in [0, 0.05) is 9.98 Å². The molecule has 0 spiro atoms. The Kier molecular flexibility index (Phi) is 2.40. The van der Waals surface area contributed by atoms with Gasteiger partial charge in [0.25, 0.3) is 0 Å². The highest BCUT2D eigenvalue weighted by molar-refractivity contribution is 7.46. The van der Waals surface area contributed by atoms with Gasteiger partial charge in [-0.1, -0.05) is 11.6 Å². The van der Waals surface area contributed by atoms with Crippen molar-refractivity contribution >= 4 is 30.5 Å². The van der Waals surface area contributed by atoms with E-state index in [1.165, 1.54) is 6.07 Å². The van der Waals surface area contributed by atoms with Crippen LogP contribution in [0.4, 0.5) is 0 Å². The molecule has 0 radical (unpaired) electrons. The Morgan fingerprint density at radius 3 is 2.67 bits per heavy atom. The molecule has 80 valence electrons. The predicted molar refractivity (Wildman–Crippen MR) is 51.2 cm³/mol. The van der Waals surface area contributed by atoms with E-state index >= 15 is 0 Å². The van der Waals surface area contributed by atoms with Gasteiger partial charge in [0.05, 0.1) is 0 Å². The summed E-state index contributed by atoms with van der Waals surface area (Å²) >= 11 is 5.69. The van der Waals surface area contributed by atoms with E-state index in [9.17, 15) is 4.57 Å². The van der Waals surface area contributed by atoms with Crippen molar-refractivity contribution in [2.75, 3.05) is 0 Å². The minimum absolute atomic E-state index is 0.385. The average molecular weight is 250 g/mol. The monoisotopic (exact) mass is 249 g/mol. The van der Waals surface area contributed by atoms with Crippen molar-refractivity contribution in [3.63, 3.8) is 0 Å². The Labute approximate surface area is 88.4 Å². The van der Waals surface area contributed by atoms with Crippen LogP contribution in [0.2, 0.25) is 5.02 Å². The molecule has 0 aliphatic carbocycles. The van der Waals surface area contributed by atoms with E-state index < -0.39 is 7.82 Å². The van der Waals surface area contributed by atoms with Gasteiger partial charge in [-0.25, -0.2) is 4.57 Å². The van der Waals surface area contributed by atoms with Crippen LogP contribution in [0.1, 0.15) is 0 Å². The number of nitrogens with zero attached hydrogens (tertiary/aromatic N) is 3. The standard InChI is InChI=1S/C6H5ClN3O4P/c7-4-1-2-5-6(3-4)9-10(8-5)14-15(11,12)13/h1-3H,(H2,11,12,13). The van der Waals surface area contributed by atoms with Gasteiger partial charge in [-0.15, -0.1) is 10.2 Å². The molecule has 0 saturated carbocycles. The number of phosphoric acid groups is 1. The maximum Gasteiger partial charge on any atom is 0.546 e. The van der Waals surface area contributed by atoms with Gasteiger partial charge in [0.15, 0.2) is 0 Å². The van der Waals surface area contributed by atoms with Crippen LogP contribution in [0.15, 0.2) is 18.2 Å². The first kappa shape index (κ1) is 10.4. The van der Waals surface area contributed by atoms with Crippen molar-refractivity contribution in [2.24, 2.45) is 0 Å². The lowest BCUT2D eigenvalue weighted by Gasteiger charge is -2.01. The minimum Gasteiger partial charge on any atom is -0.292 e. The SMILES string of the molecule is O=P(O)(O)On1nc2ccc(Cl)cc2n1. The van der Waals surface area contributed by atoms with Gasteiger partial charge < -0.3 is 0 Å². The summed E-state index contributed by atoms with van der Waals surface area (Å²) in [4.78, 5) is 17.5. The third kappa shape index (κ3) is 2.45. The van der Waals surface area contributed by atoms with Crippen LogP contribution in [0.3, 0.4) is 0 Å². The van der Waals surface area contributed by atoms with E-state index in [0.29, 0.717) is 21.0 Å². The second-order valence-corrected chi connectivity index (χ2v) is 4.24. The van der Waals surface area contributed by atoms with Crippen LogP contribution < -0.4 is 4.62 Å². The zero-order chi connectivity index (χ0) is 11.1. The third-order valence-corrected chi connectivity index (χ3v) is 2.10. The Balaban J connectivity index is 2.43. The van der Waals surface area contributed by atoms with Gasteiger partial charge in [0.2, 0.25) is 0 Å². The van der Waals surface area contributed by atoms with Gasteiger partial charge in [0.1, 0.15) is 11.0 Å². The molecular formula is C6H5ClN3O4P. The Morgan fingerprint density at radius 1 is 1.33 bits per heavy atom. The maximum absolute atomic E-state index is 10.5. The fraction of sp³-hybridized carbons (Fsp3) is 0. The van der Waals surface area contributed by atoms with E-state index in [-0.39, 0.29) is 0 Å². The highest BCUT2D eigenvalue weighted by Crippen LogP contribution is 2.30.